The summed E-state index contributed by atoms with van der Waals surface area (Å²) in [5.41, 5.74) is 4.26. The highest BCUT2D eigenvalue weighted by atomic mass is 32.2. The fraction of sp³-hybridized carbons (Fsp3) is 0.156. The molecule has 9 nitrogen and oxygen atoms in total. The quantitative estimate of drug-likeness (QED) is 0.262. The van der Waals surface area contributed by atoms with Gasteiger partial charge in [0.15, 0.2) is 0 Å². The molecular formula is C32H30N6O3S. The Labute approximate surface area is 244 Å². The number of hydrogen-bond acceptors (Lipinski definition) is 7. The molecule has 1 aliphatic heterocycles. The molecule has 1 aromatic heterocycles. The minimum Gasteiger partial charge on any atom is -0.369 e. The average molecular weight is 579 g/mol. The Morgan fingerprint density at radius 3 is 2.19 bits per heavy atom. The Bertz CT molecular complexity index is 1840. The van der Waals surface area contributed by atoms with Crippen molar-refractivity contribution in [3.63, 3.8) is 0 Å². The van der Waals surface area contributed by atoms with Gasteiger partial charge in [-0.15, -0.1) is 0 Å². The molecule has 1 saturated heterocycles. The van der Waals surface area contributed by atoms with Crippen molar-refractivity contribution in [2.24, 2.45) is 0 Å². The summed E-state index contributed by atoms with van der Waals surface area (Å²) in [6.45, 7) is 3.52. The van der Waals surface area contributed by atoms with Crippen LogP contribution in [0.15, 0.2) is 108 Å². The third-order valence-electron chi connectivity index (χ3n) is 7.24. The van der Waals surface area contributed by atoms with Gasteiger partial charge in [0, 0.05) is 61.9 Å². The molecule has 0 atom stereocenters. The topological polar surface area (TPSA) is 108 Å². The maximum Gasteiger partial charge on any atom is 0.243 e. The van der Waals surface area contributed by atoms with Crippen molar-refractivity contribution in [1.82, 2.24) is 14.3 Å². The lowest BCUT2D eigenvalue weighted by molar-refractivity contribution is -0.114. The molecule has 0 spiro atoms. The highest BCUT2D eigenvalue weighted by Gasteiger charge is 2.28. The van der Waals surface area contributed by atoms with E-state index in [0.29, 0.717) is 37.0 Å². The molecule has 2 heterocycles. The van der Waals surface area contributed by atoms with Crippen LogP contribution in [0, 0.1) is 0 Å². The van der Waals surface area contributed by atoms with Crippen LogP contribution in [0.2, 0.25) is 0 Å². The second kappa shape index (κ2) is 11.6. The van der Waals surface area contributed by atoms with Gasteiger partial charge in [0.1, 0.15) is 0 Å². The van der Waals surface area contributed by atoms with E-state index >= 15 is 0 Å². The number of nitrogens with one attached hydrogen (secondary N) is 2. The van der Waals surface area contributed by atoms with E-state index in [9.17, 15) is 13.2 Å². The zero-order valence-corrected chi connectivity index (χ0v) is 23.9. The molecule has 1 fully saturated rings. The fourth-order valence-electron chi connectivity index (χ4n) is 5.06. The minimum absolute atomic E-state index is 0.116. The number of amides is 1. The van der Waals surface area contributed by atoms with Crippen LogP contribution < -0.4 is 15.5 Å². The molecule has 0 saturated carbocycles. The van der Waals surface area contributed by atoms with Gasteiger partial charge in [-0.25, -0.2) is 18.4 Å². The summed E-state index contributed by atoms with van der Waals surface area (Å²) in [5.74, 6) is 0.355. The molecule has 6 rings (SSSR count). The van der Waals surface area contributed by atoms with E-state index in [1.54, 1.807) is 22.6 Å². The normalized spacial score (nSPS) is 14.1. The molecule has 212 valence electrons. The summed E-state index contributed by atoms with van der Waals surface area (Å²) >= 11 is 0. The monoisotopic (exact) mass is 578 g/mol. The summed E-state index contributed by atoms with van der Waals surface area (Å²) in [6, 6.07) is 30.4. The number of carbonyl (C=O) groups excluding carboxylic acids is 1. The van der Waals surface area contributed by atoms with Crippen LogP contribution in [0.25, 0.3) is 22.0 Å². The first-order chi connectivity index (χ1) is 20.3. The Kier molecular flexibility index (Phi) is 7.56. The first-order valence-electron chi connectivity index (χ1n) is 13.7. The smallest absolute Gasteiger partial charge is 0.243 e. The second-order valence-corrected chi connectivity index (χ2v) is 12.0. The first kappa shape index (κ1) is 27.4. The number of sulfonamides is 1. The maximum atomic E-state index is 13.3. The molecule has 42 heavy (non-hydrogen) atoms. The zero-order chi connectivity index (χ0) is 29.1. The van der Waals surface area contributed by atoms with Crippen LogP contribution in [0.5, 0.6) is 0 Å². The summed E-state index contributed by atoms with van der Waals surface area (Å²) in [5, 5.41) is 7.95. The van der Waals surface area contributed by atoms with Gasteiger partial charge < -0.3 is 15.5 Å². The lowest BCUT2D eigenvalue weighted by atomic mass is 10.1. The standard InChI is InChI=1S/C32H30N6O3S/c1-23(39)34-27-9-6-25(7-10-27)31-16-17-33-32(36-31)35-28-11-13-29(14-12-28)37-18-20-38(21-19-37)42(40,41)30-15-8-24-4-2-3-5-26(24)22-30/h2-17,22H,18-21H2,1H3,(H,34,39)(H,33,35,36). The predicted octanol–water partition coefficient (Wildman–Crippen LogP) is 5.51. The van der Waals surface area contributed by atoms with Crippen LogP contribution >= 0.6 is 0 Å². The number of rotatable bonds is 7. The maximum absolute atomic E-state index is 13.3. The Morgan fingerprint density at radius 1 is 0.786 bits per heavy atom. The minimum atomic E-state index is -3.57. The average Bonchev–Trinajstić information content (AvgIpc) is 3.01. The SMILES string of the molecule is CC(=O)Nc1ccc(-c2ccnc(Nc3ccc(N4CCN(S(=O)(=O)c5ccc6ccccc6c5)CC4)cc3)n2)cc1. The van der Waals surface area contributed by atoms with E-state index in [1.807, 2.05) is 84.9 Å². The largest absolute Gasteiger partial charge is 0.369 e. The van der Waals surface area contributed by atoms with Crippen LogP contribution in [-0.4, -0.2) is 54.8 Å². The number of carbonyl (C=O) groups is 1. The fourth-order valence-corrected chi connectivity index (χ4v) is 6.51. The number of fused-ring (bicyclic) bond motifs is 1. The van der Waals surface area contributed by atoms with Gasteiger partial charge in [-0.3, -0.25) is 4.79 Å². The molecule has 2 N–H and O–H groups in total. The van der Waals surface area contributed by atoms with Crippen molar-refractivity contribution in [2.45, 2.75) is 11.8 Å². The number of benzene rings is 4. The highest BCUT2D eigenvalue weighted by molar-refractivity contribution is 7.89. The van der Waals surface area contributed by atoms with Crippen molar-refractivity contribution >= 4 is 49.7 Å². The van der Waals surface area contributed by atoms with Crippen molar-refractivity contribution in [2.75, 3.05) is 41.7 Å². The predicted molar refractivity (Wildman–Crippen MR) is 166 cm³/mol. The van der Waals surface area contributed by atoms with Crippen molar-refractivity contribution in [1.29, 1.82) is 0 Å². The van der Waals surface area contributed by atoms with Gasteiger partial charge in [-0.05, 0) is 65.4 Å². The number of piperazine rings is 1. The summed E-state index contributed by atoms with van der Waals surface area (Å²) < 4.78 is 28.2. The summed E-state index contributed by atoms with van der Waals surface area (Å²) in [4.78, 5) is 22.8. The van der Waals surface area contributed by atoms with E-state index in [0.717, 1.165) is 39.1 Å². The Balaban J connectivity index is 1.08. The molecule has 0 aliphatic carbocycles. The Morgan fingerprint density at radius 2 is 1.48 bits per heavy atom. The van der Waals surface area contributed by atoms with Crippen LogP contribution in [0.3, 0.4) is 0 Å². The van der Waals surface area contributed by atoms with Gasteiger partial charge in [0.2, 0.25) is 21.9 Å². The zero-order valence-electron chi connectivity index (χ0n) is 23.1. The second-order valence-electron chi connectivity index (χ2n) is 10.1. The van der Waals surface area contributed by atoms with Gasteiger partial charge in [0.05, 0.1) is 10.6 Å². The third kappa shape index (κ3) is 5.95. The van der Waals surface area contributed by atoms with E-state index in [2.05, 4.69) is 25.5 Å². The third-order valence-corrected chi connectivity index (χ3v) is 9.14. The van der Waals surface area contributed by atoms with Gasteiger partial charge in [-0.2, -0.15) is 4.31 Å². The van der Waals surface area contributed by atoms with Crippen LogP contribution in [0.4, 0.5) is 23.0 Å². The molecular weight excluding hydrogens is 548 g/mol. The Hall–Kier alpha value is -4.80. The van der Waals surface area contributed by atoms with Crippen LogP contribution in [-0.2, 0) is 14.8 Å². The van der Waals surface area contributed by atoms with Crippen molar-refractivity contribution < 1.29 is 13.2 Å². The van der Waals surface area contributed by atoms with Crippen molar-refractivity contribution in [3.05, 3.63) is 103 Å². The number of hydrogen-bond donors (Lipinski definition) is 2. The molecule has 1 aliphatic rings. The molecule has 0 radical (unpaired) electrons. The first-order valence-corrected chi connectivity index (χ1v) is 15.1. The van der Waals surface area contributed by atoms with E-state index in [4.69, 9.17) is 0 Å². The number of aromatic nitrogens is 2. The van der Waals surface area contributed by atoms with Gasteiger partial charge >= 0.3 is 0 Å². The summed E-state index contributed by atoms with van der Waals surface area (Å²) in [6.07, 6.45) is 1.70. The molecule has 0 bridgehead atoms. The lowest BCUT2D eigenvalue weighted by Crippen LogP contribution is -2.48. The molecule has 0 unspecified atom stereocenters. The molecule has 1 amide bonds. The van der Waals surface area contributed by atoms with E-state index < -0.39 is 10.0 Å². The van der Waals surface area contributed by atoms with Crippen LogP contribution in [0.1, 0.15) is 6.92 Å². The summed E-state index contributed by atoms with van der Waals surface area (Å²) in [7, 11) is -3.57. The lowest BCUT2D eigenvalue weighted by Gasteiger charge is -2.35. The van der Waals surface area contributed by atoms with E-state index in [1.165, 1.54) is 6.92 Å². The van der Waals surface area contributed by atoms with Gasteiger partial charge in [0.25, 0.3) is 0 Å². The molecule has 10 heteroatoms. The molecule has 5 aromatic rings. The molecule has 4 aromatic carbocycles. The van der Waals surface area contributed by atoms with Crippen molar-refractivity contribution in [3.8, 4) is 11.3 Å². The number of nitrogens with zero attached hydrogens (tertiary/aromatic N) is 4. The van der Waals surface area contributed by atoms with E-state index in [-0.39, 0.29) is 5.91 Å². The van der Waals surface area contributed by atoms with Gasteiger partial charge in [-0.1, -0.05) is 42.5 Å². The highest BCUT2D eigenvalue weighted by Crippen LogP contribution is 2.26. The number of anilines is 4.